The number of aromatic nitrogens is 2. The summed E-state index contributed by atoms with van der Waals surface area (Å²) in [4.78, 5) is 0. The van der Waals surface area contributed by atoms with Gasteiger partial charge in [-0.3, -0.25) is 0 Å². The van der Waals surface area contributed by atoms with Crippen molar-refractivity contribution in [2.45, 2.75) is 12.8 Å². The van der Waals surface area contributed by atoms with Gasteiger partial charge in [-0.1, -0.05) is 0 Å². The minimum absolute atomic E-state index is 0.282. The molecular weight excluding hydrogens is 387 g/mol. The molecule has 0 bridgehead atoms. The van der Waals surface area contributed by atoms with E-state index in [0.29, 0.717) is 17.2 Å². The van der Waals surface area contributed by atoms with Crippen LogP contribution in [0, 0.1) is 0 Å². The summed E-state index contributed by atoms with van der Waals surface area (Å²) in [6.45, 7) is 0.744. The molecule has 9 heteroatoms. The number of benzene rings is 2. The van der Waals surface area contributed by atoms with Gasteiger partial charge in [0.15, 0.2) is 0 Å². The average molecular weight is 405 g/mol. The highest BCUT2D eigenvalue weighted by atomic mass is 19.4. The lowest BCUT2D eigenvalue weighted by Gasteiger charge is -2.11. The number of ether oxygens (including phenoxy) is 3. The summed E-state index contributed by atoms with van der Waals surface area (Å²) in [6.07, 6.45) is -3.96. The van der Waals surface area contributed by atoms with E-state index in [9.17, 15) is 13.2 Å². The number of hydrogen-bond acceptors (Lipinski definition) is 5. The quantitative estimate of drug-likeness (QED) is 0.681. The minimum Gasteiger partial charge on any atom is -0.497 e. The average Bonchev–Trinajstić information content (AvgIpc) is 3.30. The zero-order chi connectivity index (χ0) is 20.6. The monoisotopic (exact) mass is 405 g/mol. The van der Waals surface area contributed by atoms with E-state index in [-0.39, 0.29) is 5.75 Å². The van der Waals surface area contributed by atoms with E-state index >= 15 is 0 Å². The Labute approximate surface area is 164 Å². The Hall–Kier alpha value is -3.36. The molecule has 0 aliphatic carbocycles. The lowest BCUT2D eigenvalue weighted by atomic mass is 10.1. The second-order valence-electron chi connectivity index (χ2n) is 6.37. The number of nitrogens with zero attached hydrogens (tertiary/aromatic N) is 2. The van der Waals surface area contributed by atoms with Gasteiger partial charge in [-0.05, 0) is 42.8 Å². The van der Waals surface area contributed by atoms with Crippen LogP contribution in [0.1, 0.15) is 5.56 Å². The number of hydrogen-bond donors (Lipinski definition) is 1. The Balaban J connectivity index is 1.75. The first-order valence-electron chi connectivity index (χ1n) is 8.84. The van der Waals surface area contributed by atoms with Crippen molar-refractivity contribution in [3.63, 3.8) is 0 Å². The van der Waals surface area contributed by atoms with Gasteiger partial charge in [-0.2, -0.15) is 5.10 Å². The predicted octanol–water partition coefficient (Wildman–Crippen LogP) is 4.42. The molecule has 0 radical (unpaired) electrons. The summed E-state index contributed by atoms with van der Waals surface area (Å²) >= 11 is 0. The minimum atomic E-state index is -4.73. The molecule has 0 saturated heterocycles. The first kappa shape index (κ1) is 19.0. The molecule has 2 aromatic carbocycles. The van der Waals surface area contributed by atoms with E-state index in [1.165, 1.54) is 24.3 Å². The van der Waals surface area contributed by atoms with E-state index in [1.54, 1.807) is 25.0 Å². The van der Waals surface area contributed by atoms with Crippen molar-refractivity contribution in [1.82, 2.24) is 9.78 Å². The molecule has 2 heterocycles. The Morgan fingerprint density at radius 3 is 2.38 bits per heavy atom. The molecule has 6 nitrogen and oxygen atoms in total. The molecule has 0 saturated carbocycles. The second kappa shape index (κ2) is 7.23. The Kier molecular flexibility index (Phi) is 4.73. The van der Waals surface area contributed by atoms with E-state index in [1.807, 2.05) is 12.1 Å². The van der Waals surface area contributed by atoms with Crippen molar-refractivity contribution in [3.05, 3.63) is 48.0 Å². The fourth-order valence-electron chi connectivity index (χ4n) is 3.36. The standard InChI is InChI=1S/C20H18F3N3O3/c1-27-14-7-8-15(17(11-14)28-2)18-16-9-10-24-19(16)26(25-18)12-3-5-13(6-4-12)29-20(21,22)23/h3-8,11,24H,9-10H2,1-2H3. The van der Waals surface area contributed by atoms with Crippen molar-refractivity contribution in [2.75, 3.05) is 26.1 Å². The second-order valence-corrected chi connectivity index (χ2v) is 6.37. The molecule has 0 atom stereocenters. The van der Waals surface area contributed by atoms with Crippen LogP contribution >= 0.6 is 0 Å². The van der Waals surface area contributed by atoms with Crippen LogP contribution in [0.15, 0.2) is 42.5 Å². The van der Waals surface area contributed by atoms with Crippen LogP contribution in [0.4, 0.5) is 19.0 Å². The third kappa shape index (κ3) is 3.67. The summed E-state index contributed by atoms with van der Waals surface area (Å²) in [6, 6.07) is 11.1. The molecule has 4 rings (SSSR count). The van der Waals surface area contributed by atoms with Crippen molar-refractivity contribution in [3.8, 4) is 34.2 Å². The number of nitrogens with one attached hydrogen (secondary N) is 1. The van der Waals surface area contributed by atoms with Gasteiger partial charge < -0.3 is 19.5 Å². The van der Waals surface area contributed by atoms with Gasteiger partial charge in [0.05, 0.1) is 19.9 Å². The van der Waals surface area contributed by atoms with Gasteiger partial charge in [0, 0.05) is 23.7 Å². The molecule has 1 aromatic heterocycles. The zero-order valence-electron chi connectivity index (χ0n) is 15.7. The van der Waals surface area contributed by atoms with Crippen LogP contribution in [-0.2, 0) is 6.42 Å². The first-order valence-corrected chi connectivity index (χ1v) is 8.84. The molecule has 1 N–H and O–H groups in total. The van der Waals surface area contributed by atoms with Crippen LogP contribution in [0.5, 0.6) is 17.2 Å². The third-order valence-electron chi connectivity index (χ3n) is 4.63. The number of fused-ring (bicyclic) bond motifs is 1. The molecule has 0 unspecified atom stereocenters. The molecule has 0 spiro atoms. The summed E-state index contributed by atoms with van der Waals surface area (Å²) in [7, 11) is 3.16. The van der Waals surface area contributed by atoms with Crippen molar-refractivity contribution >= 4 is 5.82 Å². The van der Waals surface area contributed by atoms with Crippen LogP contribution in [-0.4, -0.2) is 36.9 Å². The van der Waals surface area contributed by atoms with Gasteiger partial charge in [0.25, 0.3) is 0 Å². The number of halogens is 3. The molecule has 3 aromatic rings. The lowest BCUT2D eigenvalue weighted by molar-refractivity contribution is -0.274. The van der Waals surface area contributed by atoms with Gasteiger partial charge in [-0.25, -0.2) is 4.68 Å². The van der Waals surface area contributed by atoms with Crippen LogP contribution in [0.3, 0.4) is 0 Å². The number of methoxy groups -OCH3 is 2. The molecule has 1 aliphatic heterocycles. The molecule has 0 amide bonds. The maximum Gasteiger partial charge on any atom is 0.573 e. The first-order chi connectivity index (χ1) is 13.9. The predicted molar refractivity (Wildman–Crippen MR) is 101 cm³/mol. The van der Waals surface area contributed by atoms with E-state index in [0.717, 1.165) is 35.6 Å². The maximum absolute atomic E-state index is 12.4. The molecular formula is C20H18F3N3O3. The molecule has 1 aliphatic rings. The largest absolute Gasteiger partial charge is 0.573 e. The topological polar surface area (TPSA) is 57.5 Å². The zero-order valence-corrected chi connectivity index (χ0v) is 15.7. The highest BCUT2D eigenvalue weighted by Gasteiger charge is 2.31. The third-order valence-corrected chi connectivity index (χ3v) is 4.63. The number of alkyl halides is 3. The van der Waals surface area contributed by atoms with Crippen molar-refractivity contribution < 1.29 is 27.4 Å². The highest BCUT2D eigenvalue weighted by Crippen LogP contribution is 2.40. The van der Waals surface area contributed by atoms with Crippen molar-refractivity contribution in [1.29, 1.82) is 0 Å². The van der Waals surface area contributed by atoms with Gasteiger partial charge in [0.2, 0.25) is 0 Å². The van der Waals surface area contributed by atoms with E-state index < -0.39 is 6.36 Å². The number of anilines is 1. The Morgan fingerprint density at radius 2 is 1.72 bits per heavy atom. The SMILES string of the molecule is COc1ccc(-c2nn(-c3ccc(OC(F)(F)F)cc3)c3c2CCN3)c(OC)c1. The maximum atomic E-state index is 12.4. The normalized spacial score (nSPS) is 13.0. The Morgan fingerprint density at radius 1 is 1.00 bits per heavy atom. The van der Waals surface area contributed by atoms with Gasteiger partial charge in [-0.15, -0.1) is 13.2 Å². The molecule has 152 valence electrons. The van der Waals surface area contributed by atoms with E-state index in [4.69, 9.17) is 14.6 Å². The van der Waals surface area contributed by atoms with Crippen molar-refractivity contribution in [2.24, 2.45) is 0 Å². The fraction of sp³-hybridized carbons (Fsp3) is 0.250. The summed E-state index contributed by atoms with van der Waals surface area (Å²) in [5.74, 6) is 1.81. The molecule has 0 fully saturated rings. The summed E-state index contributed by atoms with van der Waals surface area (Å²) < 4.78 is 53.5. The highest BCUT2D eigenvalue weighted by molar-refractivity contribution is 5.77. The van der Waals surface area contributed by atoms with Gasteiger partial charge >= 0.3 is 6.36 Å². The van der Waals surface area contributed by atoms with E-state index in [2.05, 4.69) is 10.1 Å². The molecule has 29 heavy (non-hydrogen) atoms. The fourth-order valence-corrected chi connectivity index (χ4v) is 3.36. The van der Waals surface area contributed by atoms with Gasteiger partial charge in [0.1, 0.15) is 28.8 Å². The summed E-state index contributed by atoms with van der Waals surface area (Å²) in [5, 5.41) is 8.00. The number of rotatable bonds is 5. The van der Waals surface area contributed by atoms with Crippen LogP contribution in [0.2, 0.25) is 0 Å². The van der Waals surface area contributed by atoms with Crippen LogP contribution in [0.25, 0.3) is 16.9 Å². The van der Waals surface area contributed by atoms with Crippen LogP contribution < -0.4 is 19.5 Å². The smallest absolute Gasteiger partial charge is 0.497 e. The lowest BCUT2D eigenvalue weighted by Crippen LogP contribution is -2.17. The Bertz CT molecular complexity index is 1030. The summed E-state index contributed by atoms with van der Waals surface area (Å²) in [5.41, 5.74) is 3.19.